The number of rotatable bonds is 7. The topological polar surface area (TPSA) is 36.9 Å². The standard InChI is InChI=1S/C18H20O4/c1-5-22-17(13-9-7-6-8-10-13)14-11-15(19-2)18(21-4)16(12-14)20-3/h5-12,17H,1H2,2-4H3/t17-/m0/s1. The van der Waals surface area contributed by atoms with Crippen molar-refractivity contribution in [1.29, 1.82) is 0 Å². The summed E-state index contributed by atoms with van der Waals surface area (Å²) in [6.07, 6.45) is 1.13. The Bertz CT molecular complexity index is 597. The van der Waals surface area contributed by atoms with Crippen LogP contribution in [0.3, 0.4) is 0 Å². The minimum Gasteiger partial charge on any atom is -0.493 e. The smallest absolute Gasteiger partial charge is 0.203 e. The van der Waals surface area contributed by atoms with Crippen LogP contribution in [0, 0.1) is 0 Å². The van der Waals surface area contributed by atoms with Gasteiger partial charge in [0.15, 0.2) is 11.5 Å². The third-order valence-electron chi connectivity index (χ3n) is 3.32. The number of methoxy groups -OCH3 is 3. The van der Waals surface area contributed by atoms with E-state index in [1.54, 1.807) is 21.3 Å². The lowest BCUT2D eigenvalue weighted by Crippen LogP contribution is -2.05. The van der Waals surface area contributed by atoms with Gasteiger partial charge in [0.25, 0.3) is 0 Å². The van der Waals surface area contributed by atoms with Crippen LogP contribution in [0.4, 0.5) is 0 Å². The van der Waals surface area contributed by atoms with Gasteiger partial charge in [-0.2, -0.15) is 0 Å². The molecule has 4 heteroatoms. The Balaban J connectivity index is 2.54. The van der Waals surface area contributed by atoms with E-state index in [9.17, 15) is 0 Å². The molecule has 2 rings (SSSR count). The number of hydrogen-bond donors (Lipinski definition) is 0. The van der Waals surface area contributed by atoms with Crippen molar-refractivity contribution in [3.05, 3.63) is 66.4 Å². The van der Waals surface area contributed by atoms with E-state index in [0.29, 0.717) is 17.2 Å². The van der Waals surface area contributed by atoms with E-state index in [1.807, 2.05) is 42.5 Å². The van der Waals surface area contributed by atoms with E-state index in [4.69, 9.17) is 18.9 Å². The van der Waals surface area contributed by atoms with Crippen LogP contribution in [0.1, 0.15) is 17.2 Å². The summed E-state index contributed by atoms with van der Waals surface area (Å²) in [6.45, 7) is 3.66. The van der Waals surface area contributed by atoms with Gasteiger partial charge in [-0.05, 0) is 17.7 Å². The molecule has 0 saturated carbocycles. The van der Waals surface area contributed by atoms with Crippen LogP contribution in [0.5, 0.6) is 17.2 Å². The Morgan fingerprint density at radius 3 is 1.91 bits per heavy atom. The minimum atomic E-state index is -0.299. The highest BCUT2D eigenvalue weighted by Crippen LogP contribution is 2.41. The SMILES string of the molecule is C=CO[C@@H](c1ccccc1)c1cc(OC)c(OC)c(OC)c1. The molecule has 0 N–H and O–H groups in total. The van der Waals surface area contributed by atoms with Gasteiger partial charge in [0.2, 0.25) is 5.75 Å². The molecule has 4 nitrogen and oxygen atoms in total. The summed E-state index contributed by atoms with van der Waals surface area (Å²) in [4.78, 5) is 0. The highest BCUT2D eigenvalue weighted by atomic mass is 16.5. The lowest BCUT2D eigenvalue weighted by molar-refractivity contribution is 0.183. The van der Waals surface area contributed by atoms with Crippen molar-refractivity contribution in [2.75, 3.05) is 21.3 Å². The van der Waals surface area contributed by atoms with E-state index in [0.717, 1.165) is 11.1 Å². The summed E-state index contributed by atoms with van der Waals surface area (Å²) in [5.74, 6) is 1.73. The first kappa shape index (κ1) is 15.8. The molecular weight excluding hydrogens is 280 g/mol. The fourth-order valence-corrected chi connectivity index (χ4v) is 2.33. The molecule has 0 amide bonds. The van der Waals surface area contributed by atoms with Crippen molar-refractivity contribution >= 4 is 0 Å². The Kier molecular flexibility index (Phi) is 5.31. The molecule has 0 aromatic heterocycles. The van der Waals surface area contributed by atoms with E-state index in [1.165, 1.54) is 6.26 Å². The highest BCUT2D eigenvalue weighted by Gasteiger charge is 2.20. The first-order valence-corrected chi connectivity index (χ1v) is 6.86. The number of benzene rings is 2. The molecule has 116 valence electrons. The summed E-state index contributed by atoms with van der Waals surface area (Å²) in [5, 5.41) is 0. The first-order chi connectivity index (χ1) is 10.7. The Morgan fingerprint density at radius 1 is 0.864 bits per heavy atom. The van der Waals surface area contributed by atoms with E-state index in [-0.39, 0.29) is 6.10 Å². The van der Waals surface area contributed by atoms with Crippen molar-refractivity contribution in [2.45, 2.75) is 6.10 Å². The third-order valence-corrected chi connectivity index (χ3v) is 3.32. The van der Waals surface area contributed by atoms with Gasteiger partial charge < -0.3 is 18.9 Å². The summed E-state index contributed by atoms with van der Waals surface area (Å²) in [5.41, 5.74) is 1.90. The van der Waals surface area contributed by atoms with Crippen molar-refractivity contribution in [3.63, 3.8) is 0 Å². The third kappa shape index (κ3) is 3.17. The molecule has 22 heavy (non-hydrogen) atoms. The van der Waals surface area contributed by atoms with E-state index >= 15 is 0 Å². The molecule has 0 spiro atoms. The Labute approximate surface area is 130 Å². The molecule has 0 aliphatic rings. The largest absolute Gasteiger partial charge is 0.493 e. The van der Waals surface area contributed by atoms with Crippen molar-refractivity contribution in [3.8, 4) is 17.2 Å². The van der Waals surface area contributed by atoms with Gasteiger partial charge in [-0.25, -0.2) is 0 Å². The summed E-state index contributed by atoms with van der Waals surface area (Å²) in [6, 6.07) is 13.6. The second-order valence-corrected chi connectivity index (χ2v) is 4.55. The molecule has 2 aromatic rings. The van der Waals surface area contributed by atoms with Crippen LogP contribution in [0.25, 0.3) is 0 Å². The van der Waals surface area contributed by atoms with Gasteiger partial charge in [0, 0.05) is 5.56 Å². The zero-order valence-corrected chi connectivity index (χ0v) is 13.0. The Morgan fingerprint density at radius 2 is 1.45 bits per heavy atom. The molecule has 0 radical (unpaired) electrons. The molecule has 0 aliphatic heterocycles. The fraction of sp³-hybridized carbons (Fsp3) is 0.222. The molecule has 0 fully saturated rings. The van der Waals surface area contributed by atoms with Gasteiger partial charge in [-0.15, -0.1) is 0 Å². The second-order valence-electron chi connectivity index (χ2n) is 4.55. The van der Waals surface area contributed by atoms with Crippen molar-refractivity contribution in [1.82, 2.24) is 0 Å². The highest BCUT2D eigenvalue weighted by molar-refractivity contribution is 5.55. The average molecular weight is 300 g/mol. The van der Waals surface area contributed by atoms with E-state index < -0.39 is 0 Å². The maximum absolute atomic E-state index is 5.70. The maximum Gasteiger partial charge on any atom is 0.203 e. The minimum absolute atomic E-state index is 0.299. The number of ether oxygens (including phenoxy) is 4. The van der Waals surface area contributed by atoms with Crippen LogP contribution >= 0.6 is 0 Å². The lowest BCUT2D eigenvalue weighted by atomic mass is 10.0. The fourth-order valence-electron chi connectivity index (χ4n) is 2.33. The van der Waals surface area contributed by atoms with Crippen LogP contribution in [-0.4, -0.2) is 21.3 Å². The van der Waals surface area contributed by atoms with Crippen LogP contribution in [0.15, 0.2) is 55.3 Å². The molecule has 0 heterocycles. The van der Waals surface area contributed by atoms with Crippen molar-refractivity contribution < 1.29 is 18.9 Å². The Hall–Kier alpha value is -2.62. The van der Waals surface area contributed by atoms with Gasteiger partial charge in [0.1, 0.15) is 6.10 Å². The second kappa shape index (κ2) is 7.41. The summed E-state index contributed by atoms with van der Waals surface area (Å²) >= 11 is 0. The van der Waals surface area contributed by atoms with Gasteiger partial charge in [-0.3, -0.25) is 0 Å². The van der Waals surface area contributed by atoms with E-state index in [2.05, 4.69) is 6.58 Å². The van der Waals surface area contributed by atoms with Crippen LogP contribution < -0.4 is 14.2 Å². The van der Waals surface area contributed by atoms with Gasteiger partial charge in [-0.1, -0.05) is 36.9 Å². The monoisotopic (exact) mass is 300 g/mol. The van der Waals surface area contributed by atoms with Crippen LogP contribution in [0.2, 0.25) is 0 Å². The summed E-state index contributed by atoms with van der Waals surface area (Å²) < 4.78 is 21.8. The molecule has 1 atom stereocenters. The molecular formula is C18H20O4. The molecule has 0 unspecified atom stereocenters. The summed E-state index contributed by atoms with van der Waals surface area (Å²) in [7, 11) is 4.76. The predicted molar refractivity (Wildman–Crippen MR) is 85.7 cm³/mol. The lowest BCUT2D eigenvalue weighted by Gasteiger charge is -2.20. The molecule has 0 saturated heterocycles. The molecule has 2 aromatic carbocycles. The van der Waals surface area contributed by atoms with Crippen LogP contribution in [-0.2, 0) is 4.74 Å². The van der Waals surface area contributed by atoms with Crippen molar-refractivity contribution in [2.24, 2.45) is 0 Å². The van der Waals surface area contributed by atoms with Gasteiger partial charge >= 0.3 is 0 Å². The molecule has 0 aliphatic carbocycles. The maximum atomic E-state index is 5.70. The molecule has 0 bridgehead atoms. The zero-order chi connectivity index (χ0) is 15.9. The number of hydrogen-bond acceptors (Lipinski definition) is 4. The first-order valence-electron chi connectivity index (χ1n) is 6.86. The average Bonchev–Trinajstić information content (AvgIpc) is 2.59. The van der Waals surface area contributed by atoms with Gasteiger partial charge in [0.05, 0.1) is 27.6 Å². The predicted octanol–water partition coefficient (Wildman–Crippen LogP) is 3.96. The normalized spacial score (nSPS) is 11.4. The quantitative estimate of drug-likeness (QED) is 0.725. The zero-order valence-electron chi connectivity index (χ0n) is 13.0.